The largest absolute Gasteiger partial charge is 0.496 e. The second-order valence-electron chi connectivity index (χ2n) is 5.24. The number of carboxylic acid groups (broad SMARTS) is 1. The zero-order valence-corrected chi connectivity index (χ0v) is 13.1. The molecule has 1 amide bonds. The normalized spacial score (nSPS) is 23.2. The molecule has 1 aromatic carbocycles. The molecule has 0 saturated heterocycles. The summed E-state index contributed by atoms with van der Waals surface area (Å²) < 4.78 is 11.9. The van der Waals surface area contributed by atoms with Crippen molar-refractivity contribution in [3.05, 3.63) is 27.7 Å². The van der Waals surface area contributed by atoms with E-state index in [1.54, 1.807) is 7.11 Å². The Labute approximate surface area is 130 Å². The molecule has 1 aliphatic heterocycles. The molecule has 1 aliphatic carbocycles. The molecular weight excluding hydrogens is 340 g/mol. The van der Waals surface area contributed by atoms with Crippen LogP contribution in [0.25, 0.3) is 0 Å². The topological polar surface area (TPSA) is 80.2 Å². The maximum absolute atomic E-state index is 10.7. The van der Waals surface area contributed by atoms with E-state index in [0.717, 1.165) is 28.6 Å². The van der Waals surface area contributed by atoms with Crippen LogP contribution in [0.2, 0.25) is 0 Å². The van der Waals surface area contributed by atoms with E-state index in [1.165, 1.54) is 5.56 Å². The molecule has 0 radical (unpaired) electrons. The Morgan fingerprint density at radius 3 is 3.05 bits per heavy atom. The number of nitrogens with one attached hydrogen (secondary N) is 1. The zero-order chi connectivity index (χ0) is 15.0. The molecule has 2 aliphatic rings. The average Bonchev–Trinajstić information content (AvgIpc) is 2.81. The van der Waals surface area contributed by atoms with Crippen molar-refractivity contribution in [2.75, 3.05) is 13.7 Å². The van der Waals surface area contributed by atoms with Crippen LogP contribution in [-0.2, 0) is 17.6 Å². The Hall–Kier alpha value is -1.76. The average molecular weight is 355 g/mol. The number of halogens is 1. The number of aliphatic imine (C=N–C) groups is 1. The summed E-state index contributed by atoms with van der Waals surface area (Å²) in [6, 6.07) is 4.00. The standard InChI is InChI=1S/C14H15BrN2O4/c1-20-11-3-2-10(15)8-4-5-14(6-9(8)11)7-21-12(17-14)16-13(18)19/h2-3H,4-7H2,1H3,(H,16,17)(H,18,19). The maximum atomic E-state index is 10.7. The fourth-order valence-electron chi connectivity index (χ4n) is 2.93. The Balaban J connectivity index is 1.93. The van der Waals surface area contributed by atoms with E-state index in [-0.39, 0.29) is 6.02 Å². The first-order chi connectivity index (χ1) is 10.0. The van der Waals surface area contributed by atoms with Gasteiger partial charge in [-0.15, -0.1) is 0 Å². The summed E-state index contributed by atoms with van der Waals surface area (Å²) in [5.41, 5.74) is 1.94. The lowest BCUT2D eigenvalue weighted by Crippen LogP contribution is -2.36. The van der Waals surface area contributed by atoms with Crippen LogP contribution in [0.1, 0.15) is 17.5 Å². The summed E-state index contributed by atoms with van der Waals surface area (Å²) in [5, 5.41) is 10.9. The number of methoxy groups -OCH3 is 1. The molecule has 7 heteroatoms. The first-order valence-corrected chi connectivity index (χ1v) is 7.39. The van der Waals surface area contributed by atoms with Crippen LogP contribution in [0.3, 0.4) is 0 Å². The monoisotopic (exact) mass is 354 g/mol. The van der Waals surface area contributed by atoms with Crippen LogP contribution in [-0.4, -0.2) is 36.5 Å². The van der Waals surface area contributed by atoms with E-state index < -0.39 is 11.6 Å². The van der Waals surface area contributed by atoms with E-state index in [1.807, 2.05) is 12.1 Å². The minimum atomic E-state index is -1.16. The Kier molecular flexibility index (Phi) is 3.52. The van der Waals surface area contributed by atoms with Gasteiger partial charge in [0.25, 0.3) is 6.02 Å². The molecule has 6 nitrogen and oxygen atoms in total. The molecule has 0 aromatic heterocycles. The molecule has 1 spiro atoms. The number of amides is 1. The quantitative estimate of drug-likeness (QED) is 0.810. The summed E-state index contributed by atoms with van der Waals surface area (Å²) in [5.74, 6) is 0.835. The number of amidine groups is 1. The van der Waals surface area contributed by atoms with Gasteiger partial charge in [-0.2, -0.15) is 0 Å². The van der Waals surface area contributed by atoms with Crippen LogP contribution in [0.5, 0.6) is 5.75 Å². The van der Waals surface area contributed by atoms with Gasteiger partial charge >= 0.3 is 6.09 Å². The number of hydrogen-bond acceptors (Lipinski definition) is 4. The van der Waals surface area contributed by atoms with E-state index in [0.29, 0.717) is 13.0 Å². The summed E-state index contributed by atoms with van der Waals surface area (Å²) in [7, 11) is 1.65. The van der Waals surface area contributed by atoms with Crippen LogP contribution in [0.15, 0.2) is 21.6 Å². The number of rotatable bonds is 1. The van der Waals surface area contributed by atoms with Crippen LogP contribution in [0, 0.1) is 0 Å². The van der Waals surface area contributed by atoms with E-state index in [2.05, 4.69) is 26.2 Å². The van der Waals surface area contributed by atoms with Gasteiger partial charge in [-0.05, 0) is 30.5 Å². The summed E-state index contributed by atoms with van der Waals surface area (Å²) in [6.45, 7) is 0.387. The second-order valence-corrected chi connectivity index (χ2v) is 6.10. The molecule has 0 fully saturated rings. The highest BCUT2D eigenvalue weighted by Crippen LogP contribution is 2.41. The zero-order valence-electron chi connectivity index (χ0n) is 11.5. The third-order valence-corrected chi connectivity index (χ3v) is 4.67. The lowest BCUT2D eigenvalue weighted by atomic mass is 9.78. The molecular formula is C14H15BrN2O4. The number of ether oxygens (including phenoxy) is 2. The van der Waals surface area contributed by atoms with Crippen LogP contribution in [0.4, 0.5) is 4.79 Å². The summed E-state index contributed by atoms with van der Waals surface area (Å²) in [4.78, 5) is 15.1. The van der Waals surface area contributed by atoms with Gasteiger partial charge in [0.15, 0.2) is 0 Å². The van der Waals surface area contributed by atoms with Crippen molar-refractivity contribution in [1.82, 2.24) is 5.32 Å². The highest BCUT2D eigenvalue weighted by molar-refractivity contribution is 9.10. The first-order valence-electron chi connectivity index (χ1n) is 6.60. The number of hydrogen-bond donors (Lipinski definition) is 2. The molecule has 3 rings (SSSR count). The molecule has 1 unspecified atom stereocenters. The molecule has 0 saturated carbocycles. The highest BCUT2D eigenvalue weighted by atomic mass is 79.9. The van der Waals surface area contributed by atoms with Crippen LogP contribution >= 0.6 is 15.9 Å². The van der Waals surface area contributed by atoms with Gasteiger partial charge in [0.05, 0.1) is 7.11 Å². The van der Waals surface area contributed by atoms with Gasteiger partial charge in [0.2, 0.25) is 0 Å². The van der Waals surface area contributed by atoms with E-state index in [4.69, 9.17) is 14.6 Å². The molecule has 1 atom stereocenters. The van der Waals surface area contributed by atoms with Gasteiger partial charge < -0.3 is 14.6 Å². The predicted octanol–water partition coefficient (Wildman–Crippen LogP) is 2.34. The van der Waals surface area contributed by atoms with Crippen molar-refractivity contribution < 1.29 is 19.4 Å². The van der Waals surface area contributed by atoms with Gasteiger partial charge in [0, 0.05) is 16.5 Å². The maximum Gasteiger partial charge on any atom is 0.412 e. The molecule has 112 valence electrons. The Bertz CT molecular complexity index is 632. The van der Waals surface area contributed by atoms with Crippen molar-refractivity contribution >= 4 is 28.0 Å². The van der Waals surface area contributed by atoms with Gasteiger partial charge in [-0.25, -0.2) is 15.1 Å². The number of carbonyl (C=O) groups is 1. The van der Waals surface area contributed by atoms with E-state index >= 15 is 0 Å². The molecule has 1 heterocycles. The molecule has 1 aromatic rings. The smallest absolute Gasteiger partial charge is 0.412 e. The van der Waals surface area contributed by atoms with Gasteiger partial charge in [-0.3, -0.25) is 0 Å². The fourth-order valence-corrected chi connectivity index (χ4v) is 3.50. The van der Waals surface area contributed by atoms with Crippen molar-refractivity contribution in [3.8, 4) is 5.75 Å². The van der Waals surface area contributed by atoms with Crippen molar-refractivity contribution in [3.63, 3.8) is 0 Å². The van der Waals surface area contributed by atoms with Crippen molar-refractivity contribution in [2.24, 2.45) is 4.99 Å². The van der Waals surface area contributed by atoms with Crippen molar-refractivity contribution in [1.29, 1.82) is 0 Å². The fraction of sp³-hybridized carbons (Fsp3) is 0.429. The lowest BCUT2D eigenvalue weighted by Gasteiger charge is -2.31. The minimum absolute atomic E-state index is 0.0833. The third-order valence-electron chi connectivity index (χ3n) is 3.93. The van der Waals surface area contributed by atoms with Gasteiger partial charge in [-0.1, -0.05) is 15.9 Å². The highest BCUT2D eigenvalue weighted by Gasteiger charge is 2.41. The second kappa shape index (κ2) is 5.22. The van der Waals surface area contributed by atoms with Gasteiger partial charge in [0.1, 0.15) is 17.9 Å². The summed E-state index contributed by atoms with van der Waals surface area (Å²) >= 11 is 3.57. The summed E-state index contributed by atoms with van der Waals surface area (Å²) in [6.07, 6.45) is 1.18. The lowest BCUT2D eigenvalue weighted by molar-refractivity contribution is 0.193. The predicted molar refractivity (Wildman–Crippen MR) is 80.0 cm³/mol. The van der Waals surface area contributed by atoms with Crippen LogP contribution < -0.4 is 10.1 Å². The molecule has 21 heavy (non-hydrogen) atoms. The molecule has 2 N–H and O–H groups in total. The third kappa shape index (κ3) is 2.57. The number of benzene rings is 1. The van der Waals surface area contributed by atoms with Crippen molar-refractivity contribution in [2.45, 2.75) is 24.8 Å². The number of fused-ring (bicyclic) bond motifs is 1. The Morgan fingerprint density at radius 2 is 2.33 bits per heavy atom. The Morgan fingerprint density at radius 1 is 1.52 bits per heavy atom. The molecule has 0 bridgehead atoms. The number of nitrogens with zero attached hydrogens (tertiary/aromatic N) is 1. The minimum Gasteiger partial charge on any atom is -0.496 e. The van der Waals surface area contributed by atoms with E-state index in [9.17, 15) is 4.79 Å². The SMILES string of the molecule is COc1ccc(Br)c2c1CC1(CC2)COC(NC(=O)O)=N1. The first kappa shape index (κ1) is 14.2.